The lowest BCUT2D eigenvalue weighted by Gasteiger charge is -2.09. The number of nitro groups is 1. The topological polar surface area (TPSA) is 110 Å². The van der Waals surface area contributed by atoms with Gasteiger partial charge < -0.3 is 10.4 Å². The van der Waals surface area contributed by atoms with Crippen LogP contribution < -0.4 is 5.32 Å². The lowest BCUT2D eigenvalue weighted by atomic mass is 9.97. The Morgan fingerprint density at radius 1 is 0.889 bits per heavy atom. The van der Waals surface area contributed by atoms with Crippen molar-refractivity contribution in [2.24, 2.45) is 0 Å². The maximum atomic E-state index is 12.7. The van der Waals surface area contributed by atoms with E-state index >= 15 is 0 Å². The predicted molar refractivity (Wildman–Crippen MR) is 99.7 cm³/mol. The molecule has 2 N–H and O–H groups in total. The first-order chi connectivity index (χ1) is 13.0. The van der Waals surface area contributed by atoms with E-state index in [9.17, 15) is 24.8 Å². The van der Waals surface area contributed by atoms with Gasteiger partial charge in [0.05, 0.1) is 10.5 Å². The highest BCUT2D eigenvalue weighted by atomic mass is 16.6. The first-order valence-electron chi connectivity index (χ1n) is 7.95. The highest BCUT2D eigenvalue weighted by Gasteiger charge is 2.21. The number of carbonyl (C=O) groups excluding carboxylic acids is 1. The fraction of sp³-hybridized carbons (Fsp3) is 0. The maximum Gasteiger partial charge on any atom is 0.336 e. The number of benzene rings is 3. The van der Waals surface area contributed by atoms with Gasteiger partial charge in [-0.25, -0.2) is 4.79 Å². The lowest BCUT2D eigenvalue weighted by molar-refractivity contribution is -0.383. The number of carbonyl (C=O) groups is 2. The molecular weight excluding hydrogens is 348 g/mol. The molecular formula is C20H14N2O5. The molecule has 27 heavy (non-hydrogen) atoms. The maximum absolute atomic E-state index is 12.7. The van der Waals surface area contributed by atoms with Crippen LogP contribution in [0.2, 0.25) is 0 Å². The molecule has 0 aromatic heterocycles. The van der Waals surface area contributed by atoms with E-state index in [2.05, 4.69) is 5.32 Å². The third kappa shape index (κ3) is 3.82. The summed E-state index contributed by atoms with van der Waals surface area (Å²) in [7, 11) is 0. The van der Waals surface area contributed by atoms with Crippen LogP contribution >= 0.6 is 0 Å². The molecule has 134 valence electrons. The number of nitro benzene ring substituents is 1. The number of hydrogen-bond acceptors (Lipinski definition) is 5. The van der Waals surface area contributed by atoms with E-state index in [4.69, 9.17) is 0 Å². The Bertz CT molecular complexity index is 1030. The van der Waals surface area contributed by atoms with E-state index in [1.807, 2.05) is 6.07 Å². The van der Waals surface area contributed by atoms with Crippen LogP contribution in [0.1, 0.15) is 26.3 Å². The molecule has 0 bridgehead atoms. The summed E-state index contributed by atoms with van der Waals surface area (Å²) in [6, 6.07) is 18.7. The Labute approximate surface area is 154 Å². The van der Waals surface area contributed by atoms with E-state index in [-0.39, 0.29) is 28.1 Å². The SMILES string of the molecule is O=C(O)c1ccccc1C(=O)c1ccc(Nc2ccccc2)c([N+](=O)[O-])c1. The van der Waals surface area contributed by atoms with Gasteiger partial charge in [-0.2, -0.15) is 0 Å². The zero-order valence-electron chi connectivity index (χ0n) is 14.0. The van der Waals surface area contributed by atoms with Gasteiger partial charge in [0.1, 0.15) is 5.69 Å². The summed E-state index contributed by atoms with van der Waals surface area (Å²) in [6.07, 6.45) is 0. The molecule has 0 fully saturated rings. The molecule has 0 saturated heterocycles. The Kier molecular flexibility index (Phi) is 4.94. The van der Waals surface area contributed by atoms with E-state index in [1.165, 1.54) is 30.3 Å². The summed E-state index contributed by atoms with van der Waals surface area (Å²) in [5.41, 5.74) is 0.469. The van der Waals surface area contributed by atoms with Gasteiger partial charge in [0, 0.05) is 22.9 Å². The number of rotatable bonds is 6. The van der Waals surface area contributed by atoms with Crippen molar-refractivity contribution < 1.29 is 19.6 Å². The molecule has 0 spiro atoms. The molecule has 3 rings (SSSR count). The normalized spacial score (nSPS) is 10.2. The molecule has 0 heterocycles. The minimum absolute atomic E-state index is 0.0249. The van der Waals surface area contributed by atoms with E-state index in [1.54, 1.807) is 30.3 Å². The van der Waals surface area contributed by atoms with Gasteiger partial charge in [-0.05, 0) is 30.3 Å². The molecule has 0 aliphatic rings. The van der Waals surface area contributed by atoms with Crippen LogP contribution in [0.15, 0.2) is 72.8 Å². The van der Waals surface area contributed by atoms with Crippen LogP contribution in [-0.4, -0.2) is 21.8 Å². The van der Waals surface area contributed by atoms with Crippen molar-refractivity contribution in [3.05, 3.63) is 99.6 Å². The standard InChI is InChI=1S/C20H14N2O5/c23-19(15-8-4-5-9-16(15)20(24)25)13-10-11-17(18(12-13)22(26)27)21-14-6-2-1-3-7-14/h1-12,21H,(H,24,25). The second-order valence-electron chi connectivity index (χ2n) is 5.66. The summed E-state index contributed by atoms with van der Waals surface area (Å²) in [4.78, 5) is 34.9. The molecule has 0 radical (unpaired) electrons. The number of anilines is 2. The highest BCUT2D eigenvalue weighted by Crippen LogP contribution is 2.29. The van der Waals surface area contributed by atoms with E-state index in [0.717, 1.165) is 6.07 Å². The summed E-state index contributed by atoms with van der Waals surface area (Å²) >= 11 is 0. The van der Waals surface area contributed by atoms with Crippen molar-refractivity contribution >= 4 is 28.8 Å². The molecule has 0 aliphatic heterocycles. The average Bonchev–Trinajstić information content (AvgIpc) is 2.68. The number of aromatic carboxylic acids is 1. The van der Waals surface area contributed by atoms with Crippen LogP contribution in [0.4, 0.5) is 17.1 Å². The number of hydrogen-bond donors (Lipinski definition) is 2. The van der Waals surface area contributed by atoms with Crippen molar-refractivity contribution in [3.8, 4) is 0 Å². The third-order valence-corrected chi connectivity index (χ3v) is 3.91. The van der Waals surface area contributed by atoms with Crippen LogP contribution in [0.3, 0.4) is 0 Å². The second-order valence-corrected chi connectivity index (χ2v) is 5.66. The van der Waals surface area contributed by atoms with Crippen molar-refractivity contribution in [2.75, 3.05) is 5.32 Å². The molecule has 0 amide bonds. The van der Waals surface area contributed by atoms with Gasteiger partial charge in [-0.1, -0.05) is 36.4 Å². The smallest absolute Gasteiger partial charge is 0.336 e. The summed E-state index contributed by atoms with van der Waals surface area (Å²) in [6.45, 7) is 0. The van der Waals surface area contributed by atoms with E-state index in [0.29, 0.717) is 5.69 Å². The van der Waals surface area contributed by atoms with Crippen molar-refractivity contribution in [3.63, 3.8) is 0 Å². The monoisotopic (exact) mass is 362 g/mol. The van der Waals surface area contributed by atoms with Crippen LogP contribution in [-0.2, 0) is 0 Å². The average molecular weight is 362 g/mol. The van der Waals surface area contributed by atoms with E-state index < -0.39 is 16.7 Å². The van der Waals surface area contributed by atoms with Crippen LogP contribution in [0, 0.1) is 10.1 Å². The first kappa shape index (κ1) is 17.8. The highest BCUT2D eigenvalue weighted by molar-refractivity contribution is 6.14. The van der Waals surface area contributed by atoms with Crippen LogP contribution in [0.5, 0.6) is 0 Å². The number of ketones is 1. The summed E-state index contributed by atoms with van der Waals surface area (Å²) < 4.78 is 0. The lowest BCUT2D eigenvalue weighted by Crippen LogP contribution is -2.10. The van der Waals surface area contributed by atoms with Gasteiger partial charge in [0.25, 0.3) is 5.69 Å². The van der Waals surface area contributed by atoms with Crippen molar-refractivity contribution in [2.45, 2.75) is 0 Å². The van der Waals surface area contributed by atoms with Crippen LogP contribution in [0.25, 0.3) is 0 Å². The molecule has 0 unspecified atom stereocenters. The largest absolute Gasteiger partial charge is 0.478 e. The fourth-order valence-corrected chi connectivity index (χ4v) is 2.63. The number of nitrogens with one attached hydrogen (secondary N) is 1. The Balaban J connectivity index is 2.01. The number of nitrogens with zero attached hydrogens (tertiary/aromatic N) is 1. The molecule has 7 heteroatoms. The Morgan fingerprint density at radius 3 is 2.15 bits per heavy atom. The van der Waals surface area contributed by atoms with Crippen molar-refractivity contribution in [1.82, 2.24) is 0 Å². The van der Waals surface area contributed by atoms with Crippen molar-refractivity contribution in [1.29, 1.82) is 0 Å². The second kappa shape index (κ2) is 7.49. The summed E-state index contributed by atoms with van der Waals surface area (Å²) in [5.74, 6) is -1.84. The number of carboxylic acid groups (broad SMARTS) is 1. The number of carboxylic acids is 1. The molecule has 7 nitrogen and oxygen atoms in total. The third-order valence-electron chi connectivity index (χ3n) is 3.91. The van der Waals surface area contributed by atoms with Gasteiger partial charge in [-0.3, -0.25) is 14.9 Å². The Hall–Kier alpha value is -4.00. The minimum Gasteiger partial charge on any atom is -0.478 e. The molecule has 0 saturated carbocycles. The fourth-order valence-electron chi connectivity index (χ4n) is 2.63. The van der Waals surface area contributed by atoms with Gasteiger partial charge in [-0.15, -0.1) is 0 Å². The first-order valence-corrected chi connectivity index (χ1v) is 7.95. The van der Waals surface area contributed by atoms with Gasteiger partial charge in [0.2, 0.25) is 0 Å². The Morgan fingerprint density at radius 2 is 1.52 bits per heavy atom. The zero-order valence-corrected chi connectivity index (χ0v) is 14.0. The predicted octanol–water partition coefficient (Wildman–Crippen LogP) is 4.27. The summed E-state index contributed by atoms with van der Waals surface area (Å²) in [5, 5.41) is 23.6. The molecule has 3 aromatic carbocycles. The van der Waals surface area contributed by atoms with Gasteiger partial charge >= 0.3 is 5.97 Å². The quantitative estimate of drug-likeness (QED) is 0.385. The zero-order chi connectivity index (χ0) is 19.4. The number of para-hydroxylation sites is 1. The molecule has 3 aromatic rings. The molecule has 0 atom stereocenters. The van der Waals surface area contributed by atoms with Gasteiger partial charge in [0.15, 0.2) is 5.78 Å². The minimum atomic E-state index is -1.24. The molecule has 0 aliphatic carbocycles.